The summed E-state index contributed by atoms with van der Waals surface area (Å²) in [5.74, 6) is -0.781. The van der Waals surface area contributed by atoms with E-state index in [2.05, 4.69) is 5.32 Å². The zero-order chi connectivity index (χ0) is 36.0. The number of aldehydes is 1. The molecule has 0 spiro atoms. The van der Waals surface area contributed by atoms with Gasteiger partial charge in [0.15, 0.2) is 25.2 Å². The lowest BCUT2D eigenvalue weighted by molar-refractivity contribution is -0.372. The first kappa shape index (κ1) is 40.8. The van der Waals surface area contributed by atoms with E-state index in [1.807, 2.05) is 0 Å². The Hall–Kier alpha value is -1.62. The molecule has 0 aromatic carbocycles. The molecule has 22 nitrogen and oxygen atoms in total. The molecule has 0 aliphatic carbocycles. The lowest BCUT2D eigenvalue weighted by Gasteiger charge is -2.49. The van der Waals surface area contributed by atoms with E-state index >= 15 is 0 Å². The third-order valence-electron chi connectivity index (χ3n) is 8.16. The van der Waals surface area contributed by atoms with Crippen LogP contribution in [-0.4, -0.2) is 221 Å². The van der Waals surface area contributed by atoms with E-state index in [4.69, 9.17) is 28.4 Å². The second kappa shape index (κ2) is 18.0. The molecule has 3 fully saturated rings. The largest absolute Gasteiger partial charge is 0.394 e. The molecule has 0 aromatic rings. The van der Waals surface area contributed by atoms with Crippen LogP contribution in [-0.2, 0) is 38.0 Å². The second-order valence-electron chi connectivity index (χ2n) is 11.5. The van der Waals surface area contributed by atoms with Gasteiger partial charge < -0.3 is 105 Å². The number of amides is 1. The minimum atomic E-state index is -2.17. The number of aliphatic hydroxyl groups excluding tert-OH is 13. The van der Waals surface area contributed by atoms with E-state index in [1.54, 1.807) is 0 Å². The average molecular weight is 708 g/mol. The van der Waals surface area contributed by atoms with Crippen LogP contribution in [0.3, 0.4) is 0 Å². The first-order chi connectivity index (χ1) is 22.6. The molecule has 48 heavy (non-hydrogen) atoms. The van der Waals surface area contributed by atoms with Crippen LogP contribution in [0.25, 0.3) is 0 Å². The Balaban J connectivity index is 1.88. The summed E-state index contributed by atoms with van der Waals surface area (Å²) in [6, 6.07) is -1.65. The summed E-state index contributed by atoms with van der Waals surface area (Å²) in [5, 5.41) is 135. The summed E-state index contributed by atoms with van der Waals surface area (Å²) < 4.78 is 33.1. The lowest BCUT2D eigenvalue weighted by atomic mass is 9.94. The fourth-order valence-electron chi connectivity index (χ4n) is 5.49. The van der Waals surface area contributed by atoms with E-state index in [0.29, 0.717) is 0 Å². The van der Waals surface area contributed by atoms with Crippen LogP contribution in [0.4, 0.5) is 0 Å². The highest BCUT2D eigenvalue weighted by Gasteiger charge is 2.54. The van der Waals surface area contributed by atoms with Gasteiger partial charge in [0.05, 0.1) is 26.4 Å². The van der Waals surface area contributed by atoms with Gasteiger partial charge in [-0.3, -0.25) is 4.79 Å². The van der Waals surface area contributed by atoms with Gasteiger partial charge in [0.2, 0.25) is 5.91 Å². The predicted molar refractivity (Wildman–Crippen MR) is 147 cm³/mol. The quantitative estimate of drug-likeness (QED) is 0.0702. The van der Waals surface area contributed by atoms with Gasteiger partial charge in [0, 0.05) is 6.92 Å². The Morgan fingerprint density at radius 1 is 0.708 bits per heavy atom. The molecule has 0 radical (unpaired) electrons. The van der Waals surface area contributed by atoms with Crippen molar-refractivity contribution in [3.63, 3.8) is 0 Å². The maximum Gasteiger partial charge on any atom is 0.217 e. The monoisotopic (exact) mass is 707 g/mol. The van der Waals surface area contributed by atoms with Crippen molar-refractivity contribution in [2.45, 2.75) is 123 Å². The number of carbonyl (C=O) groups is 2. The molecule has 3 heterocycles. The summed E-state index contributed by atoms with van der Waals surface area (Å²) in [6.45, 7) is -2.73. The number of carbonyl (C=O) groups excluding carboxylic acids is 2. The van der Waals surface area contributed by atoms with Crippen molar-refractivity contribution in [3.8, 4) is 0 Å². The molecule has 3 saturated heterocycles. The lowest BCUT2D eigenvalue weighted by Crippen LogP contribution is -2.69. The SMILES string of the molecule is CC(=O)N[C@H]1[C@@H](O[C@H]2[C@H](O)[C@@H](O[C@@H]([C@H](O)[C@H](O)C=O)[C@H](O)CO)O[C@@H](CO)[C@@H]2O)O[C@H](CO)[C@H](O[C@@H]2O[C@H](CO)[C@H](O)[C@@H](O)[C@@H]2O)[C@@H]1O. The smallest absolute Gasteiger partial charge is 0.217 e. The van der Waals surface area contributed by atoms with Crippen LogP contribution in [0.1, 0.15) is 6.92 Å². The molecule has 0 bridgehead atoms. The number of ether oxygens (including phenoxy) is 6. The third kappa shape index (κ3) is 8.99. The minimum absolute atomic E-state index is 0.102. The number of hydrogen-bond donors (Lipinski definition) is 14. The standard InChI is InChI=1S/C26H45NO21/c1-7(33)27-13-17(39)22(47-25-19(41)18(40)15(37)10(4-30)43-25)12(6-32)45-24(13)48-23-16(38)11(5-31)44-26(20(23)42)46-21(9(35)3-29)14(36)8(34)2-28/h2,8-26,29-32,34-42H,3-6H2,1H3,(H,27,33)/t8-,9-,10-,11+,12-,13-,14-,15+,16+,17-,18-,19+,20+,21-,22+,23-,24-,25+,26-/m1/s1. The zero-order valence-electron chi connectivity index (χ0n) is 25.5. The maximum absolute atomic E-state index is 12.1. The average Bonchev–Trinajstić information content (AvgIpc) is 3.07. The van der Waals surface area contributed by atoms with Gasteiger partial charge in [-0.05, 0) is 0 Å². The topological polar surface area (TPSA) is 365 Å². The van der Waals surface area contributed by atoms with Crippen molar-refractivity contribution in [1.29, 1.82) is 0 Å². The molecule has 280 valence electrons. The van der Waals surface area contributed by atoms with E-state index in [-0.39, 0.29) is 6.29 Å². The van der Waals surface area contributed by atoms with Crippen molar-refractivity contribution in [3.05, 3.63) is 0 Å². The normalized spacial score (nSPS) is 43.2. The van der Waals surface area contributed by atoms with Crippen molar-refractivity contribution < 1.29 is 104 Å². The molecule has 0 aromatic heterocycles. The number of hydrogen-bond acceptors (Lipinski definition) is 21. The highest BCUT2D eigenvalue weighted by Crippen LogP contribution is 2.33. The molecule has 0 unspecified atom stereocenters. The Bertz CT molecular complexity index is 1010. The van der Waals surface area contributed by atoms with Crippen LogP contribution in [0.15, 0.2) is 0 Å². The molecule has 0 saturated carbocycles. The molecular weight excluding hydrogens is 662 g/mol. The molecule has 3 rings (SSSR count). The summed E-state index contributed by atoms with van der Waals surface area (Å²) in [4.78, 5) is 23.1. The van der Waals surface area contributed by atoms with Gasteiger partial charge in [0.1, 0.15) is 97.6 Å². The van der Waals surface area contributed by atoms with Gasteiger partial charge >= 0.3 is 0 Å². The van der Waals surface area contributed by atoms with E-state index in [1.165, 1.54) is 0 Å². The van der Waals surface area contributed by atoms with Gasteiger partial charge in [-0.2, -0.15) is 0 Å². The van der Waals surface area contributed by atoms with E-state index < -0.39 is 149 Å². The summed E-state index contributed by atoms with van der Waals surface area (Å²) in [6.07, 6.45) is -33.7. The Morgan fingerprint density at radius 2 is 1.25 bits per heavy atom. The third-order valence-corrected chi connectivity index (χ3v) is 8.16. The van der Waals surface area contributed by atoms with E-state index in [9.17, 15) is 76.0 Å². The molecule has 1 amide bonds. The first-order valence-corrected chi connectivity index (χ1v) is 14.9. The number of nitrogens with one attached hydrogen (secondary N) is 1. The molecular formula is C26H45NO21. The van der Waals surface area contributed by atoms with Crippen molar-refractivity contribution in [2.75, 3.05) is 26.4 Å². The van der Waals surface area contributed by atoms with Crippen LogP contribution in [0.2, 0.25) is 0 Å². The number of rotatable bonds is 15. The first-order valence-electron chi connectivity index (χ1n) is 14.9. The number of aliphatic hydroxyl groups is 13. The Kier molecular flexibility index (Phi) is 15.3. The van der Waals surface area contributed by atoms with Crippen molar-refractivity contribution in [1.82, 2.24) is 5.32 Å². The Morgan fingerprint density at radius 3 is 1.79 bits per heavy atom. The van der Waals surface area contributed by atoms with Crippen LogP contribution in [0, 0.1) is 0 Å². The van der Waals surface area contributed by atoms with Gasteiger partial charge in [0.25, 0.3) is 0 Å². The zero-order valence-corrected chi connectivity index (χ0v) is 25.5. The van der Waals surface area contributed by atoms with Crippen LogP contribution >= 0.6 is 0 Å². The second-order valence-corrected chi connectivity index (χ2v) is 11.5. The van der Waals surface area contributed by atoms with Gasteiger partial charge in [-0.1, -0.05) is 0 Å². The fourth-order valence-corrected chi connectivity index (χ4v) is 5.49. The summed E-state index contributed by atoms with van der Waals surface area (Å²) >= 11 is 0. The summed E-state index contributed by atoms with van der Waals surface area (Å²) in [7, 11) is 0. The van der Waals surface area contributed by atoms with Crippen molar-refractivity contribution in [2.24, 2.45) is 0 Å². The molecule has 3 aliphatic rings. The van der Waals surface area contributed by atoms with Crippen molar-refractivity contribution >= 4 is 12.2 Å². The summed E-state index contributed by atoms with van der Waals surface area (Å²) in [5.41, 5.74) is 0. The predicted octanol–water partition coefficient (Wildman–Crippen LogP) is -9.76. The van der Waals surface area contributed by atoms with E-state index in [0.717, 1.165) is 6.92 Å². The molecule has 3 aliphatic heterocycles. The van der Waals surface area contributed by atoms with Gasteiger partial charge in [-0.25, -0.2) is 0 Å². The maximum atomic E-state index is 12.1. The Labute approximate surface area is 272 Å². The van der Waals surface area contributed by atoms with Crippen LogP contribution < -0.4 is 5.32 Å². The fraction of sp³-hybridized carbons (Fsp3) is 0.923. The highest BCUT2D eigenvalue weighted by atomic mass is 16.8. The molecule has 14 N–H and O–H groups in total. The van der Waals surface area contributed by atoms with Gasteiger partial charge in [-0.15, -0.1) is 0 Å². The molecule has 19 atom stereocenters. The molecule has 22 heteroatoms. The minimum Gasteiger partial charge on any atom is -0.394 e. The highest BCUT2D eigenvalue weighted by molar-refractivity contribution is 5.73. The van der Waals surface area contributed by atoms with Crippen LogP contribution in [0.5, 0.6) is 0 Å².